The number of methoxy groups -OCH3 is 3. The summed E-state index contributed by atoms with van der Waals surface area (Å²) in [6.45, 7) is 0. The first-order valence-corrected chi connectivity index (χ1v) is 12.3. The lowest BCUT2D eigenvalue weighted by molar-refractivity contribution is -0.118. The number of para-hydroxylation sites is 1. The number of aromatic nitrogens is 2. The van der Waals surface area contributed by atoms with Gasteiger partial charge >= 0.3 is 0 Å². The van der Waals surface area contributed by atoms with Crippen molar-refractivity contribution in [3.05, 3.63) is 81.6 Å². The Kier molecular flexibility index (Phi) is 8.32. The summed E-state index contributed by atoms with van der Waals surface area (Å²) in [5, 5.41) is 5.42. The lowest BCUT2D eigenvalue weighted by Gasteiger charge is -2.13. The number of carbonyl (C=O) groups is 1. The van der Waals surface area contributed by atoms with Gasteiger partial charge in [-0.15, -0.1) is 0 Å². The van der Waals surface area contributed by atoms with Gasteiger partial charge in [-0.1, -0.05) is 35.5 Å². The van der Waals surface area contributed by atoms with Gasteiger partial charge in [0.15, 0.2) is 16.7 Å². The molecule has 0 spiro atoms. The molecule has 11 heteroatoms. The maximum Gasteiger partial charge on any atom is 0.266 e. The van der Waals surface area contributed by atoms with Crippen LogP contribution in [0.2, 0.25) is 5.02 Å². The van der Waals surface area contributed by atoms with Crippen molar-refractivity contribution in [2.75, 3.05) is 27.1 Å². The topological polar surface area (TPSA) is 104 Å². The van der Waals surface area contributed by atoms with Crippen LogP contribution in [0.15, 0.2) is 75.7 Å². The number of hydrogen-bond donors (Lipinski definition) is 1. The van der Waals surface area contributed by atoms with Gasteiger partial charge in [0, 0.05) is 16.7 Å². The largest absolute Gasteiger partial charge is 0.496 e. The minimum Gasteiger partial charge on any atom is -0.496 e. The molecule has 37 heavy (non-hydrogen) atoms. The average molecular weight is 539 g/mol. The molecule has 9 nitrogen and oxygen atoms in total. The SMILES string of the molecule is COc1cc(OC)c(OC)cc1/C=N\NC(=O)CSc1nc2ccccc2c(=O)n1-c1ccc(Cl)cc1. The summed E-state index contributed by atoms with van der Waals surface area (Å²) >= 11 is 7.14. The summed E-state index contributed by atoms with van der Waals surface area (Å²) in [5.41, 5.74) is 3.96. The van der Waals surface area contributed by atoms with Gasteiger partial charge in [0.2, 0.25) is 0 Å². The number of rotatable bonds is 9. The number of nitrogens with one attached hydrogen (secondary N) is 1. The van der Waals surface area contributed by atoms with Crippen molar-refractivity contribution in [1.29, 1.82) is 0 Å². The standard InChI is InChI=1S/C26H23ClN4O5S/c1-34-21-13-23(36-3)22(35-2)12-16(21)14-28-30-24(32)15-37-26-29-20-7-5-4-6-19(20)25(33)31(26)18-10-8-17(27)9-11-18/h4-14H,15H2,1-3H3,(H,30,32)/b28-14-. The Morgan fingerprint density at radius 1 is 1.03 bits per heavy atom. The van der Waals surface area contributed by atoms with Crippen molar-refractivity contribution >= 4 is 46.4 Å². The second-order valence-corrected chi connectivity index (χ2v) is 8.94. The lowest BCUT2D eigenvalue weighted by atomic mass is 10.2. The Morgan fingerprint density at radius 3 is 2.41 bits per heavy atom. The lowest BCUT2D eigenvalue weighted by Crippen LogP contribution is -2.24. The van der Waals surface area contributed by atoms with Gasteiger partial charge in [-0.3, -0.25) is 14.2 Å². The summed E-state index contributed by atoms with van der Waals surface area (Å²) < 4.78 is 17.4. The van der Waals surface area contributed by atoms with Gasteiger partial charge in [-0.05, 0) is 42.5 Å². The van der Waals surface area contributed by atoms with Crippen LogP contribution >= 0.6 is 23.4 Å². The minimum atomic E-state index is -0.384. The van der Waals surface area contributed by atoms with Crippen molar-refractivity contribution in [1.82, 2.24) is 15.0 Å². The molecule has 1 N–H and O–H groups in total. The third-order valence-corrected chi connectivity index (χ3v) is 6.48. The monoisotopic (exact) mass is 538 g/mol. The zero-order chi connectivity index (χ0) is 26.4. The number of amides is 1. The van der Waals surface area contributed by atoms with Crippen LogP contribution in [0, 0.1) is 0 Å². The highest BCUT2D eigenvalue weighted by atomic mass is 35.5. The molecule has 0 aliphatic carbocycles. The normalized spacial score (nSPS) is 11.0. The second-order valence-electron chi connectivity index (χ2n) is 7.56. The molecule has 0 radical (unpaired) electrons. The molecular weight excluding hydrogens is 516 g/mol. The van der Waals surface area contributed by atoms with Crippen LogP contribution in [-0.2, 0) is 4.79 Å². The number of thioether (sulfide) groups is 1. The Balaban J connectivity index is 1.54. The Bertz CT molecular complexity index is 1520. The molecule has 1 heterocycles. The summed E-state index contributed by atoms with van der Waals surface area (Å²) in [7, 11) is 4.57. The highest BCUT2D eigenvalue weighted by Crippen LogP contribution is 2.33. The van der Waals surface area contributed by atoms with Gasteiger partial charge in [0.25, 0.3) is 11.5 Å². The fourth-order valence-electron chi connectivity index (χ4n) is 3.52. The summed E-state index contributed by atoms with van der Waals surface area (Å²) in [6.07, 6.45) is 1.45. The minimum absolute atomic E-state index is 0.0290. The van der Waals surface area contributed by atoms with E-state index in [0.29, 0.717) is 49.6 Å². The van der Waals surface area contributed by atoms with E-state index in [1.165, 1.54) is 32.1 Å². The fraction of sp³-hybridized carbons (Fsp3) is 0.154. The van der Waals surface area contributed by atoms with Crippen molar-refractivity contribution in [3.8, 4) is 22.9 Å². The van der Waals surface area contributed by atoms with Gasteiger partial charge < -0.3 is 14.2 Å². The van der Waals surface area contributed by atoms with Crippen molar-refractivity contribution < 1.29 is 19.0 Å². The van der Waals surface area contributed by atoms with Crippen LogP contribution in [0.4, 0.5) is 0 Å². The average Bonchev–Trinajstić information content (AvgIpc) is 2.92. The maximum atomic E-state index is 13.3. The van der Waals surface area contributed by atoms with Gasteiger partial charge in [0.05, 0.1) is 49.9 Å². The molecule has 4 rings (SSSR count). The quantitative estimate of drug-likeness (QED) is 0.146. The second kappa shape index (κ2) is 11.8. The Labute approximate surface area is 222 Å². The molecule has 0 aliphatic heterocycles. The molecule has 190 valence electrons. The van der Waals surface area contributed by atoms with E-state index >= 15 is 0 Å². The number of hydrazone groups is 1. The van der Waals surface area contributed by atoms with E-state index in [-0.39, 0.29) is 17.2 Å². The number of halogens is 1. The zero-order valence-corrected chi connectivity index (χ0v) is 21.8. The summed E-state index contributed by atoms with van der Waals surface area (Å²) in [4.78, 5) is 30.5. The van der Waals surface area contributed by atoms with Crippen LogP contribution in [0.1, 0.15) is 5.56 Å². The zero-order valence-electron chi connectivity index (χ0n) is 20.2. The Morgan fingerprint density at radius 2 is 1.70 bits per heavy atom. The molecule has 1 aromatic heterocycles. The van der Waals surface area contributed by atoms with E-state index in [4.69, 9.17) is 25.8 Å². The molecule has 1 amide bonds. The number of nitrogens with zero attached hydrogens (tertiary/aromatic N) is 3. The third kappa shape index (κ3) is 5.87. The van der Waals surface area contributed by atoms with Gasteiger partial charge in [-0.2, -0.15) is 5.10 Å². The highest BCUT2D eigenvalue weighted by molar-refractivity contribution is 7.99. The molecule has 0 saturated heterocycles. The predicted molar refractivity (Wildman–Crippen MR) is 145 cm³/mol. The number of carbonyl (C=O) groups excluding carboxylic acids is 1. The summed E-state index contributed by atoms with van der Waals surface area (Å²) in [5.74, 6) is 1.09. The molecule has 3 aromatic carbocycles. The third-order valence-electron chi connectivity index (χ3n) is 5.29. The maximum absolute atomic E-state index is 13.3. The van der Waals surface area contributed by atoms with E-state index in [2.05, 4.69) is 15.5 Å². The predicted octanol–water partition coefficient (Wildman–Crippen LogP) is 4.31. The molecular formula is C26H23ClN4O5S. The van der Waals surface area contributed by atoms with Crippen LogP contribution in [0.25, 0.3) is 16.6 Å². The number of hydrogen-bond acceptors (Lipinski definition) is 8. The number of benzene rings is 3. The molecule has 0 saturated carbocycles. The van der Waals surface area contributed by atoms with E-state index in [1.807, 2.05) is 0 Å². The van der Waals surface area contributed by atoms with Gasteiger partial charge in [0.1, 0.15) is 5.75 Å². The smallest absolute Gasteiger partial charge is 0.266 e. The first-order chi connectivity index (χ1) is 17.9. The Hall–Kier alpha value is -4.02. The number of fused-ring (bicyclic) bond motifs is 1. The molecule has 4 aromatic rings. The molecule has 0 atom stereocenters. The molecule has 0 fully saturated rings. The summed E-state index contributed by atoms with van der Waals surface area (Å²) in [6, 6.07) is 17.3. The van der Waals surface area contributed by atoms with Crippen LogP contribution in [0.5, 0.6) is 17.2 Å². The molecule has 0 aliphatic rings. The first kappa shape index (κ1) is 26.1. The van der Waals surface area contributed by atoms with Crippen molar-refractivity contribution in [3.63, 3.8) is 0 Å². The van der Waals surface area contributed by atoms with E-state index < -0.39 is 0 Å². The number of ether oxygens (including phenoxy) is 3. The van der Waals surface area contributed by atoms with Gasteiger partial charge in [-0.25, -0.2) is 10.4 Å². The molecule has 0 bridgehead atoms. The van der Waals surface area contributed by atoms with E-state index in [0.717, 1.165) is 11.8 Å². The van der Waals surface area contributed by atoms with Crippen molar-refractivity contribution in [2.45, 2.75) is 5.16 Å². The van der Waals surface area contributed by atoms with E-state index in [9.17, 15) is 9.59 Å². The molecule has 0 unspecified atom stereocenters. The van der Waals surface area contributed by atoms with E-state index in [1.54, 1.807) is 60.7 Å². The van der Waals surface area contributed by atoms with Crippen molar-refractivity contribution in [2.24, 2.45) is 5.10 Å². The van der Waals surface area contributed by atoms with Crippen LogP contribution in [-0.4, -0.2) is 48.8 Å². The highest BCUT2D eigenvalue weighted by Gasteiger charge is 2.15. The first-order valence-electron chi connectivity index (χ1n) is 11.0. The van der Waals surface area contributed by atoms with Crippen LogP contribution < -0.4 is 25.2 Å². The van der Waals surface area contributed by atoms with Crippen LogP contribution in [0.3, 0.4) is 0 Å². The fourth-order valence-corrected chi connectivity index (χ4v) is 4.45.